The summed E-state index contributed by atoms with van der Waals surface area (Å²) in [4.78, 5) is 34.2. The van der Waals surface area contributed by atoms with Crippen LogP contribution in [-0.2, 0) is 4.74 Å². The first-order valence-electron chi connectivity index (χ1n) is 9.71. The second-order valence-corrected chi connectivity index (χ2v) is 8.46. The molecule has 2 aliphatic heterocycles. The van der Waals surface area contributed by atoms with Gasteiger partial charge < -0.3 is 24.9 Å². The predicted molar refractivity (Wildman–Crippen MR) is 111 cm³/mol. The molecule has 0 spiro atoms. The van der Waals surface area contributed by atoms with Crippen molar-refractivity contribution in [2.24, 2.45) is 0 Å². The average molecular weight is 398 g/mol. The summed E-state index contributed by atoms with van der Waals surface area (Å²) >= 11 is 1.49. The number of carbonyl (C=O) groups excluding carboxylic acids is 1. The van der Waals surface area contributed by atoms with Crippen molar-refractivity contribution in [1.82, 2.24) is 9.97 Å². The Hall–Kier alpha value is -2.58. The van der Waals surface area contributed by atoms with Gasteiger partial charge in [-0.2, -0.15) is 0 Å². The highest BCUT2D eigenvalue weighted by Crippen LogP contribution is 2.35. The van der Waals surface area contributed by atoms with Crippen molar-refractivity contribution < 1.29 is 9.53 Å². The maximum Gasteiger partial charge on any atom is 0.323 e. The number of H-pyrrole nitrogens is 2. The van der Waals surface area contributed by atoms with Gasteiger partial charge in [-0.1, -0.05) is 0 Å². The third kappa shape index (κ3) is 3.22. The number of carbonyl (C=O) groups is 1. The van der Waals surface area contributed by atoms with Crippen LogP contribution >= 0.6 is 11.3 Å². The molecule has 3 N–H and O–H groups in total. The number of fused-ring (bicyclic) bond motifs is 1. The summed E-state index contributed by atoms with van der Waals surface area (Å²) < 4.78 is 5.72. The molecule has 1 amide bonds. The molecule has 28 heavy (non-hydrogen) atoms. The first-order chi connectivity index (χ1) is 13.7. The van der Waals surface area contributed by atoms with E-state index >= 15 is 0 Å². The van der Waals surface area contributed by atoms with Gasteiger partial charge in [-0.3, -0.25) is 4.79 Å². The Bertz CT molecular complexity index is 1070. The highest BCUT2D eigenvalue weighted by Gasteiger charge is 2.23. The van der Waals surface area contributed by atoms with Crippen LogP contribution in [-0.4, -0.2) is 35.6 Å². The second-order valence-electron chi connectivity index (χ2n) is 7.35. The van der Waals surface area contributed by atoms with Crippen LogP contribution in [0.3, 0.4) is 0 Å². The summed E-state index contributed by atoms with van der Waals surface area (Å²) in [6.45, 7) is 2.69. The number of imidazole rings is 1. The van der Waals surface area contributed by atoms with E-state index in [1.54, 1.807) is 0 Å². The summed E-state index contributed by atoms with van der Waals surface area (Å²) in [5, 5.41) is 3.06. The largest absolute Gasteiger partial charge is 0.373 e. The molecule has 2 fully saturated rings. The quantitative estimate of drug-likeness (QED) is 0.626. The molecule has 2 aliphatic rings. The van der Waals surface area contributed by atoms with Crippen LogP contribution in [0.2, 0.25) is 0 Å². The monoisotopic (exact) mass is 398 g/mol. The average Bonchev–Trinajstić information content (AvgIpc) is 3.46. The van der Waals surface area contributed by atoms with Crippen molar-refractivity contribution in [3.05, 3.63) is 44.5 Å². The van der Waals surface area contributed by atoms with Crippen molar-refractivity contribution in [1.29, 1.82) is 0 Å². The zero-order valence-electron chi connectivity index (χ0n) is 15.4. The maximum atomic E-state index is 12.9. The molecule has 3 aromatic rings. The number of hydrogen-bond donors (Lipinski definition) is 3. The lowest BCUT2D eigenvalue weighted by Crippen LogP contribution is -2.21. The lowest BCUT2D eigenvalue weighted by atomic mass is 10.2. The van der Waals surface area contributed by atoms with Gasteiger partial charge in [0.05, 0.1) is 33.4 Å². The summed E-state index contributed by atoms with van der Waals surface area (Å²) in [7, 11) is 0. The highest BCUT2D eigenvalue weighted by molar-refractivity contribution is 7.14. The van der Waals surface area contributed by atoms with E-state index in [1.165, 1.54) is 11.3 Å². The van der Waals surface area contributed by atoms with E-state index < -0.39 is 0 Å². The molecule has 8 heteroatoms. The van der Waals surface area contributed by atoms with Crippen LogP contribution in [0.4, 0.5) is 11.4 Å². The second kappa shape index (κ2) is 7.10. The Morgan fingerprint density at radius 3 is 2.68 bits per heavy atom. The van der Waals surface area contributed by atoms with E-state index in [9.17, 15) is 9.59 Å². The van der Waals surface area contributed by atoms with Crippen molar-refractivity contribution in [2.45, 2.75) is 31.8 Å². The minimum Gasteiger partial charge on any atom is -0.373 e. The van der Waals surface area contributed by atoms with Crippen LogP contribution in [0.15, 0.2) is 29.1 Å². The summed E-state index contributed by atoms with van der Waals surface area (Å²) in [5.41, 5.74) is 2.87. The van der Waals surface area contributed by atoms with Gasteiger partial charge in [-0.05, 0) is 49.9 Å². The third-order valence-corrected chi connectivity index (χ3v) is 6.60. The van der Waals surface area contributed by atoms with Crippen molar-refractivity contribution in [3.8, 4) is 0 Å². The van der Waals surface area contributed by atoms with Crippen LogP contribution in [0.5, 0.6) is 0 Å². The Morgan fingerprint density at radius 1 is 1.14 bits per heavy atom. The van der Waals surface area contributed by atoms with Crippen LogP contribution in [0.25, 0.3) is 11.0 Å². The van der Waals surface area contributed by atoms with Gasteiger partial charge in [0.25, 0.3) is 5.91 Å². The standard InChI is InChI=1S/C20H22N4O3S/c25-19(18-6-5-17(28-18)16-4-3-9-27-16)21-14-10-12-13(23-20(26)22-12)11-15(14)24-7-1-2-8-24/h5-6,10-11,16H,1-4,7-9H2,(H,21,25)(H2,22,23,26). The van der Waals surface area contributed by atoms with Gasteiger partial charge in [0, 0.05) is 24.6 Å². The van der Waals surface area contributed by atoms with Crippen molar-refractivity contribution in [3.63, 3.8) is 0 Å². The Kier molecular flexibility index (Phi) is 4.44. The first-order valence-corrected chi connectivity index (χ1v) is 10.5. The van der Waals surface area contributed by atoms with E-state index in [4.69, 9.17) is 4.74 Å². The number of anilines is 2. The van der Waals surface area contributed by atoms with Gasteiger partial charge in [-0.15, -0.1) is 11.3 Å². The molecular formula is C20H22N4O3S. The van der Waals surface area contributed by atoms with E-state index in [0.29, 0.717) is 10.4 Å². The van der Waals surface area contributed by atoms with Gasteiger partial charge in [0.1, 0.15) is 0 Å². The number of aromatic amines is 2. The molecule has 1 unspecified atom stereocenters. The summed E-state index contributed by atoms with van der Waals surface area (Å²) in [5.74, 6) is -0.132. The van der Waals surface area contributed by atoms with Gasteiger partial charge >= 0.3 is 5.69 Å². The SMILES string of the molecule is O=C(Nc1cc2[nH]c(=O)[nH]c2cc1N1CCCC1)c1ccc(C2CCCO2)s1. The minimum absolute atomic E-state index is 0.119. The topological polar surface area (TPSA) is 90.2 Å². The predicted octanol–water partition coefficient (Wildman–Crippen LogP) is 3.62. The van der Waals surface area contributed by atoms with Crippen molar-refractivity contribution in [2.75, 3.05) is 29.9 Å². The molecule has 2 aromatic heterocycles. The fourth-order valence-electron chi connectivity index (χ4n) is 4.02. The number of rotatable bonds is 4. The molecule has 5 rings (SSSR count). The molecule has 2 saturated heterocycles. The molecule has 7 nitrogen and oxygen atoms in total. The van der Waals surface area contributed by atoms with E-state index in [1.807, 2.05) is 24.3 Å². The lowest BCUT2D eigenvalue weighted by molar-refractivity contribution is 0.103. The number of benzene rings is 1. The summed E-state index contributed by atoms with van der Waals surface area (Å²) in [6, 6.07) is 7.64. The zero-order valence-corrected chi connectivity index (χ0v) is 16.2. The molecule has 1 aromatic carbocycles. The molecule has 1 atom stereocenters. The maximum absolute atomic E-state index is 12.9. The molecule has 0 aliphatic carbocycles. The molecule has 146 valence electrons. The number of nitrogens with zero attached hydrogens (tertiary/aromatic N) is 1. The van der Waals surface area contributed by atoms with E-state index in [-0.39, 0.29) is 17.7 Å². The molecule has 0 saturated carbocycles. The Labute approximate surface area is 165 Å². The molecule has 0 radical (unpaired) electrons. The molecule has 4 heterocycles. The van der Waals surface area contributed by atoms with Gasteiger partial charge in [0.15, 0.2) is 0 Å². The normalized spacial score (nSPS) is 19.6. The number of amides is 1. The fraction of sp³-hybridized carbons (Fsp3) is 0.400. The Balaban J connectivity index is 1.45. The van der Waals surface area contributed by atoms with E-state index in [2.05, 4.69) is 20.2 Å². The first kappa shape index (κ1) is 17.5. The molecule has 0 bridgehead atoms. The minimum atomic E-state index is -0.245. The fourth-order valence-corrected chi connectivity index (χ4v) is 5.01. The van der Waals surface area contributed by atoms with Crippen molar-refractivity contribution >= 4 is 39.7 Å². The number of hydrogen-bond acceptors (Lipinski definition) is 5. The van der Waals surface area contributed by atoms with Crippen LogP contribution in [0.1, 0.15) is 46.3 Å². The zero-order chi connectivity index (χ0) is 19.1. The Morgan fingerprint density at radius 2 is 1.93 bits per heavy atom. The van der Waals surface area contributed by atoms with E-state index in [0.717, 1.165) is 67.1 Å². The van der Waals surface area contributed by atoms with Crippen LogP contribution in [0, 0.1) is 0 Å². The van der Waals surface area contributed by atoms with Gasteiger partial charge in [0.2, 0.25) is 0 Å². The third-order valence-electron chi connectivity index (χ3n) is 5.42. The van der Waals surface area contributed by atoms with Gasteiger partial charge in [-0.25, -0.2) is 4.79 Å². The highest BCUT2D eigenvalue weighted by atomic mass is 32.1. The smallest absolute Gasteiger partial charge is 0.323 e. The number of ether oxygens (including phenoxy) is 1. The number of aromatic nitrogens is 2. The number of thiophene rings is 1. The lowest BCUT2D eigenvalue weighted by Gasteiger charge is -2.21. The number of nitrogens with one attached hydrogen (secondary N) is 3. The molecular weight excluding hydrogens is 376 g/mol. The summed E-state index contributed by atoms with van der Waals surface area (Å²) in [6.07, 6.45) is 4.46. The van der Waals surface area contributed by atoms with Crippen LogP contribution < -0.4 is 15.9 Å².